The highest BCUT2D eigenvalue weighted by molar-refractivity contribution is 7.91. The topological polar surface area (TPSA) is 105 Å². The zero-order chi connectivity index (χ0) is 19.1. The van der Waals surface area contributed by atoms with Crippen LogP contribution in [0.4, 0.5) is 13.2 Å². The lowest BCUT2D eigenvalue weighted by Gasteiger charge is -2.13. The molecule has 1 atom stereocenters. The number of hydrogen-bond donors (Lipinski definition) is 2. The number of carbonyl (C=O) groups is 1. The van der Waals surface area contributed by atoms with Gasteiger partial charge in [-0.3, -0.25) is 9.59 Å². The molecule has 2 aromatic rings. The van der Waals surface area contributed by atoms with E-state index in [-0.39, 0.29) is 34.4 Å². The zero-order valence-electron chi connectivity index (χ0n) is 13.1. The number of hydrogen-bond acceptors (Lipinski definition) is 5. The zero-order valence-corrected chi connectivity index (χ0v) is 13.9. The summed E-state index contributed by atoms with van der Waals surface area (Å²) in [6, 6.07) is 2.88. The molecule has 3 rings (SSSR count). The molecule has 0 spiro atoms. The molecule has 1 fully saturated rings. The first-order chi connectivity index (χ1) is 12.1. The van der Waals surface area contributed by atoms with Crippen LogP contribution in [0, 0.1) is 0 Å². The second-order valence-electron chi connectivity index (χ2n) is 5.83. The maximum Gasteiger partial charge on any atom is 0.573 e. The van der Waals surface area contributed by atoms with Crippen LogP contribution in [-0.2, 0) is 9.84 Å². The molecule has 1 aromatic heterocycles. The molecule has 2 heterocycles. The van der Waals surface area contributed by atoms with E-state index in [4.69, 9.17) is 0 Å². The van der Waals surface area contributed by atoms with E-state index in [1.807, 2.05) is 0 Å². The molecular formula is C15H13F3N2O5S. The van der Waals surface area contributed by atoms with Gasteiger partial charge in [-0.25, -0.2) is 8.42 Å². The molecule has 0 bridgehead atoms. The van der Waals surface area contributed by atoms with Gasteiger partial charge < -0.3 is 15.0 Å². The Morgan fingerprint density at radius 3 is 2.65 bits per heavy atom. The van der Waals surface area contributed by atoms with Gasteiger partial charge in [-0.15, -0.1) is 13.2 Å². The number of pyridine rings is 1. The minimum atomic E-state index is -4.94. The summed E-state index contributed by atoms with van der Waals surface area (Å²) in [6.07, 6.45) is -3.72. The van der Waals surface area contributed by atoms with Crippen LogP contribution < -0.4 is 15.5 Å². The molecule has 1 saturated heterocycles. The lowest BCUT2D eigenvalue weighted by molar-refractivity contribution is -0.274. The average molecular weight is 390 g/mol. The molecule has 1 amide bonds. The minimum Gasteiger partial charge on any atom is -0.404 e. The molecule has 140 valence electrons. The van der Waals surface area contributed by atoms with Crippen molar-refractivity contribution < 1.29 is 31.1 Å². The Bertz CT molecular complexity index is 1030. The highest BCUT2D eigenvalue weighted by Gasteiger charge is 2.32. The summed E-state index contributed by atoms with van der Waals surface area (Å²) in [6.45, 7) is 0. The number of carbonyl (C=O) groups excluding carboxylic acids is 1. The number of benzene rings is 1. The van der Waals surface area contributed by atoms with E-state index in [0.717, 1.165) is 12.3 Å². The maximum atomic E-state index is 12.5. The van der Waals surface area contributed by atoms with E-state index in [1.165, 1.54) is 12.1 Å². The lowest BCUT2D eigenvalue weighted by Crippen LogP contribution is -2.38. The highest BCUT2D eigenvalue weighted by Crippen LogP contribution is 2.28. The predicted molar refractivity (Wildman–Crippen MR) is 85.8 cm³/mol. The van der Waals surface area contributed by atoms with Gasteiger partial charge in [0.15, 0.2) is 15.6 Å². The van der Waals surface area contributed by atoms with Gasteiger partial charge >= 0.3 is 6.36 Å². The van der Waals surface area contributed by atoms with Gasteiger partial charge in [0.2, 0.25) is 5.43 Å². The summed E-state index contributed by atoms with van der Waals surface area (Å²) in [5, 5.41) is 2.31. The lowest BCUT2D eigenvalue weighted by atomic mass is 10.1. The van der Waals surface area contributed by atoms with Crippen LogP contribution in [0.5, 0.6) is 5.75 Å². The van der Waals surface area contributed by atoms with Gasteiger partial charge in [0.25, 0.3) is 5.91 Å². The molecule has 2 N–H and O–H groups in total. The van der Waals surface area contributed by atoms with Crippen LogP contribution in [0.2, 0.25) is 0 Å². The van der Waals surface area contributed by atoms with E-state index in [1.54, 1.807) is 0 Å². The number of nitrogens with one attached hydrogen (secondary N) is 2. The molecule has 1 aliphatic heterocycles. The SMILES string of the molecule is O=C(NC1CCS(=O)(=O)C1)c1c[nH]c2c(OC(F)(F)F)cccc2c1=O. The first-order valence-electron chi connectivity index (χ1n) is 7.47. The average Bonchev–Trinajstić information content (AvgIpc) is 2.85. The predicted octanol–water partition coefficient (Wildman–Crippen LogP) is 1.34. The first kappa shape index (κ1) is 18.2. The quantitative estimate of drug-likeness (QED) is 0.823. The van der Waals surface area contributed by atoms with Crippen LogP contribution in [0.15, 0.2) is 29.2 Å². The summed E-state index contributed by atoms with van der Waals surface area (Å²) < 4.78 is 64.0. The van der Waals surface area contributed by atoms with Crippen molar-refractivity contribution in [3.05, 3.63) is 40.2 Å². The van der Waals surface area contributed by atoms with Gasteiger partial charge in [-0.05, 0) is 18.6 Å². The van der Waals surface area contributed by atoms with E-state index < -0.39 is 39.3 Å². The maximum absolute atomic E-state index is 12.5. The van der Waals surface area contributed by atoms with Gasteiger partial charge in [-0.2, -0.15) is 0 Å². The van der Waals surface area contributed by atoms with Gasteiger partial charge in [0.1, 0.15) is 5.56 Å². The normalized spacial score (nSPS) is 19.4. The summed E-state index contributed by atoms with van der Waals surface area (Å²) in [5.41, 5.74) is -1.31. The third kappa shape index (κ3) is 3.82. The number of aromatic amines is 1. The van der Waals surface area contributed by atoms with Crippen LogP contribution in [0.1, 0.15) is 16.8 Å². The number of sulfone groups is 1. The summed E-state index contributed by atoms with van der Waals surface area (Å²) in [4.78, 5) is 27.2. The summed E-state index contributed by atoms with van der Waals surface area (Å²) in [7, 11) is -3.21. The Labute approximate surface area is 145 Å². The molecule has 7 nitrogen and oxygen atoms in total. The van der Waals surface area contributed by atoms with Crippen molar-refractivity contribution in [3.63, 3.8) is 0 Å². The van der Waals surface area contributed by atoms with Crippen molar-refractivity contribution in [2.75, 3.05) is 11.5 Å². The number of fused-ring (bicyclic) bond motifs is 1. The Kier molecular flexibility index (Phi) is 4.42. The van der Waals surface area contributed by atoms with Crippen molar-refractivity contribution >= 4 is 26.6 Å². The third-order valence-corrected chi connectivity index (χ3v) is 5.68. The molecular weight excluding hydrogens is 377 g/mol. The second kappa shape index (κ2) is 6.31. The number of H-pyrrole nitrogens is 1. The molecule has 0 radical (unpaired) electrons. The molecule has 0 aliphatic carbocycles. The number of amides is 1. The van der Waals surface area contributed by atoms with Gasteiger partial charge in [0.05, 0.1) is 22.4 Å². The molecule has 26 heavy (non-hydrogen) atoms. The van der Waals surface area contributed by atoms with E-state index in [9.17, 15) is 31.2 Å². The van der Waals surface area contributed by atoms with E-state index in [0.29, 0.717) is 0 Å². The fourth-order valence-corrected chi connectivity index (χ4v) is 4.45. The monoisotopic (exact) mass is 390 g/mol. The number of rotatable bonds is 3. The number of halogens is 3. The molecule has 1 unspecified atom stereocenters. The van der Waals surface area contributed by atoms with E-state index in [2.05, 4.69) is 15.0 Å². The highest BCUT2D eigenvalue weighted by atomic mass is 32.2. The minimum absolute atomic E-state index is 0.0514. The standard InChI is InChI=1S/C15H13F3N2O5S/c16-15(17,18)25-11-3-1-2-9-12(11)19-6-10(13(9)21)14(22)20-8-4-5-26(23,24)7-8/h1-3,6,8H,4-5,7H2,(H,19,21)(H,20,22). The summed E-state index contributed by atoms with van der Waals surface area (Å²) >= 11 is 0. The third-order valence-electron chi connectivity index (χ3n) is 3.91. The van der Waals surface area contributed by atoms with Crippen molar-refractivity contribution in [2.45, 2.75) is 18.8 Å². The molecule has 1 aliphatic rings. The molecule has 11 heteroatoms. The van der Waals surface area contributed by atoms with Gasteiger partial charge in [0, 0.05) is 12.2 Å². The van der Waals surface area contributed by atoms with Crippen LogP contribution in [-0.4, -0.2) is 43.2 Å². The van der Waals surface area contributed by atoms with Crippen molar-refractivity contribution in [1.29, 1.82) is 0 Å². The number of alkyl halides is 3. The smallest absolute Gasteiger partial charge is 0.404 e. The largest absolute Gasteiger partial charge is 0.573 e. The van der Waals surface area contributed by atoms with Crippen molar-refractivity contribution in [1.82, 2.24) is 10.3 Å². The summed E-state index contributed by atoms with van der Waals surface area (Å²) in [5.74, 6) is -1.66. The first-order valence-corrected chi connectivity index (χ1v) is 9.29. The Balaban J connectivity index is 1.92. The second-order valence-corrected chi connectivity index (χ2v) is 8.06. The van der Waals surface area contributed by atoms with Crippen LogP contribution in [0.25, 0.3) is 10.9 Å². The number of para-hydroxylation sites is 1. The van der Waals surface area contributed by atoms with E-state index >= 15 is 0 Å². The fraction of sp³-hybridized carbons (Fsp3) is 0.333. The Morgan fingerprint density at radius 2 is 2.04 bits per heavy atom. The van der Waals surface area contributed by atoms with Crippen molar-refractivity contribution in [3.8, 4) is 5.75 Å². The van der Waals surface area contributed by atoms with Crippen LogP contribution >= 0.6 is 0 Å². The fourth-order valence-electron chi connectivity index (χ4n) is 2.77. The Morgan fingerprint density at radius 1 is 1.31 bits per heavy atom. The molecule has 0 saturated carbocycles. The molecule has 1 aromatic carbocycles. The van der Waals surface area contributed by atoms with Crippen molar-refractivity contribution in [2.24, 2.45) is 0 Å². The Hall–Kier alpha value is -2.56. The van der Waals surface area contributed by atoms with Gasteiger partial charge in [-0.1, -0.05) is 6.07 Å². The number of ether oxygens (including phenoxy) is 1. The number of aromatic nitrogens is 1. The van der Waals surface area contributed by atoms with Crippen LogP contribution in [0.3, 0.4) is 0 Å².